The summed E-state index contributed by atoms with van der Waals surface area (Å²) in [7, 11) is 0. The van der Waals surface area contributed by atoms with Crippen molar-refractivity contribution in [1.82, 2.24) is 4.90 Å². The molecule has 2 aromatic rings. The largest absolute Gasteiger partial charge is 0.334 e. The molecule has 5 heteroatoms. The Balaban J connectivity index is 2.11. The Labute approximate surface area is 167 Å². The highest BCUT2D eigenvalue weighted by Crippen LogP contribution is 2.20. The summed E-state index contributed by atoms with van der Waals surface area (Å²) in [4.78, 5) is 26.9. The zero-order valence-corrected chi connectivity index (χ0v) is 17.1. The number of hydrogen-bond acceptors (Lipinski definition) is 3. The minimum absolute atomic E-state index is 0.00926. The van der Waals surface area contributed by atoms with E-state index in [-0.39, 0.29) is 17.2 Å². The number of nitrogens with two attached hydrogens (primary N) is 1. The Morgan fingerprint density at radius 2 is 1.75 bits per heavy atom. The lowest BCUT2D eigenvalue weighted by Gasteiger charge is -2.23. The minimum Gasteiger partial charge on any atom is -0.334 e. The van der Waals surface area contributed by atoms with Crippen molar-refractivity contribution in [2.24, 2.45) is 11.1 Å². The van der Waals surface area contributed by atoms with Gasteiger partial charge in [0.1, 0.15) is 0 Å². The van der Waals surface area contributed by atoms with Crippen molar-refractivity contribution in [2.45, 2.75) is 40.2 Å². The molecule has 150 valence electrons. The van der Waals surface area contributed by atoms with E-state index in [1.807, 2.05) is 75.4 Å². The van der Waals surface area contributed by atoms with E-state index in [4.69, 9.17) is 5.73 Å². The molecule has 0 bridgehead atoms. The molecule has 2 rings (SSSR count). The van der Waals surface area contributed by atoms with Gasteiger partial charge in [0, 0.05) is 30.8 Å². The van der Waals surface area contributed by atoms with Crippen molar-refractivity contribution in [2.75, 3.05) is 18.4 Å². The van der Waals surface area contributed by atoms with Crippen molar-refractivity contribution in [3.8, 4) is 0 Å². The molecule has 0 radical (unpaired) electrons. The minimum atomic E-state index is -0.0666. The van der Waals surface area contributed by atoms with E-state index < -0.39 is 0 Å². The van der Waals surface area contributed by atoms with Crippen LogP contribution in [0.25, 0.3) is 0 Å². The van der Waals surface area contributed by atoms with Crippen molar-refractivity contribution < 1.29 is 9.59 Å². The summed E-state index contributed by atoms with van der Waals surface area (Å²) < 4.78 is 0. The highest BCUT2D eigenvalue weighted by atomic mass is 16.2. The monoisotopic (exact) mass is 381 g/mol. The molecule has 0 spiro atoms. The third-order valence-electron chi connectivity index (χ3n) is 4.22. The van der Waals surface area contributed by atoms with Crippen LogP contribution < -0.4 is 11.1 Å². The summed E-state index contributed by atoms with van der Waals surface area (Å²) in [6.45, 7) is 7.69. The van der Waals surface area contributed by atoms with Gasteiger partial charge in [-0.25, -0.2) is 0 Å². The fraction of sp³-hybridized carbons (Fsp3) is 0.391. The first-order valence-electron chi connectivity index (χ1n) is 9.72. The molecule has 0 saturated heterocycles. The molecule has 0 atom stereocenters. The Hall–Kier alpha value is -2.66. The lowest BCUT2D eigenvalue weighted by Crippen LogP contribution is -2.32. The molecule has 0 unspecified atom stereocenters. The molecule has 3 N–H and O–H groups in total. The zero-order valence-electron chi connectivity index (χ0n) is 17.1. The fourth-order valence-corrected chi connectivity index (χ4v) is 2.95. The Kier molecular flexibility index (Phi) is 7.76. The van der Waals surface area contributed by atoms with Crippen LogP contribution in [0.4, 0.5) is 5.69 Å². The lowest BCUT2D eigenvalue weighted by atomic mass is 9.92. The molecule has 5 nitrogen and oxygen atoms in total. The van der Waals surface area contributed by atoms with E-state index in [2.05, 4.69) is 5.32 Å². The van der Waals surface area contributed by atoms with Crippen LogP contribution in [0, 0.1) is 5.41 Å². The highest BCUT2D eigenvalue weighted by molar-refractivity contribution is 5.94. The number of anilines is 1. The van der Waals surface area contributed by atoms with Crippen LogP contribution in [-0.2, 0) is 11.3 Å². The summed E-state index contributed by atoms with van der Waals surface area (Å²) >= 11 is 0. The maximum absolute atomic E-state index is 12.9. The number of rotatable bonds is 8. The van der Waals surface area contributed by atoms with Crippen molar-refractivity contribution in [3.05, 3.63) is 65.7 Å². The smallest absolute Gasteiger partial charge is 0.254 e. The molecule has 0 aliphatic heterocycles. The van der Waals surface area contributed by atoms with Gasteiger partial charge in [-0.2, -0.15) is 0 Å². The standard InChI is InChI=1S/C23H31N3O2/c1-23(2,3)16-21(27)25-20-12-7-9-18(15-20)17-26(14-8-13-24)22(28)19-10-5-4-6-11-19/h4-7,9-12,15H,8,13-14,16-17,24H2,1-3H3,(H,25,27). The highest BCUT2D eigenvalue weighted by Gasteiger charge is 2.17. The van der Waals surface area contributed by atoms with Gasteiger partial charge in [0.05, 0.1) is 0 Å². The summed E-state index contributed by atoms with van der Waals surface area (Å²) in [6, 6.07) is 16.9. The topological polar surface area (TPSA) is 75.4 Å². The summed E-state index contributed by atoms with van der Waals surface area (Å²) in [5, 5.41) is 2.95. The first-order chi connectivity index (χ1) is 13.3. The quantitative estimate of drug-likeness (QED) is 0.724. The van der Waals surface area contributed by atoms with Crippen LogP contribution in [0.5, 0.6) is 0 Å². The van der Waals surface area contributed by atoms with Crippen LogP contribution in [0.15, 0.2) is 54.6 Å². The summed E-state index contributed by atoms with van der Waals surface area (Å²) in [5.74, 6) is -0.0266. The van der Waals surface area contributed by atoms with Crippen LogP contribution in [0.2, 0.25) is 0 Å². The number of nitrogens with one attached hydrogen (secondary N) is 1. The van der Waals surface area contributed by atoms with E-state index in [0.717, 1.165) is 17.7 Å². The molecule has 2 aromatic carbocycles. The van der Waals surface area contributed by atoms with E-state index >= 15 is 0 Å². The molecular formula is C23H31N3O2. The number of carbonyl (C=O) groups is 2. The second-order valence-corrected chi connectivity index (χ2v) is 8.22. The number of amides is 2. The van der Waals surface area contributed by atoms with Gasteiger partial charge in [-0.1, -0.05) is 51.1 Å². The van der Waals surface area contributed by atoms with Gasteiger partial charge < -0.3 is 16.0 Å². The van der Waals surface area contributed by atoms with Crippen molar-refractivity contribution in [3.63, 3.8) is 0 Å². The van der Waals surface area contributed by atoms with Gasteiger partial charge in [-0.05, 0) is 48.2 Å². The van der Waals surface area contributed by atoms with Crippen LogP contribution >= 0.6 is 0 Å². The summed E-state index contributed by atoms with van der Waals surface area (Å²) in [5.41, 5.74) is 7.96. The zero-order chi connectivity index (χ0) is 20.6. The fourth-order valence-electron chi connectivity index (χ4n) is 2.95. The van der Waals surface area contributed by atoms with Gasteiger partial charge in [0.2, 0.25) is 5.91 Å². The Morgan fingerprint density at radius 3 is 2.39 bits per heavy atom. The van der Waals surface area contributed by atoms with Gasteiger partial charge in [-0.15, -0.1) is 0 Å². The number of hydrogen-bond donors (Lipinski definition) is 2. The van der Waals surface area contributed by atoms with Crippen LogP contribution in [0.3, 0.4) is 0 Å². The van der Waals surface area contributed by atoms with Gasteiger partial charge >= 0.3 is 0 Å². The molecule has 0 aromatic heterocycles. The molecule has 0 aliphatic rings. The first-order valence-corrected chi connectivity index (χ1v) is 9.72. The normalized spacial score (nSPS) is 11.1. The SMILES string of the molecule is CC(C)(C)CC(=O)Nc1cccc(CN(CCCN)C(=O)c2ccccc2)c1. The van der Waals surface area contributed by atoms with Crippen LogP contribution in [-0.4, -0.2) is 29.8 Å². The Bertz CT molecular complexity index is 782. The summed E-state index contributed by atoms with van der Waals surface area (Å²) in [6.07, 6.45) is 1.19. The van der Waals surface area contributed by atoms with Gasteiger partial charge in [0.25, 0.3) is 5.91 Å². The molecule has 0 fully saturated rings. The predicted octanol–water partition coefficient (Wildman–Crippen LogP) is 4.05. The molecule has 0 aliphatic carbocycles. The average Bonchev–Trinajstić information content (AvgIpc) is 2.64. The van der Waals surface area contributed by atoms with Gasteiger partial charge in [0.15, 0.2) is 0 Å². The van der Waals surface area contributed by atoms with E-state index in [9.17, 15) is 9.59 Å². The molecule has 2 amide bonds. The van der Waals surface area contributed by atoms with E-state index in [1.54, 1.807) is 4.90 Å². The predicted molar refractivity (Wildman–Crippen MR) is 114 cm³/mol. The number of benzene rings is 2. The average molecular weight is 382 g/mol. The maximum atomic E-state index is 12.9. The maximum Gasteiger partial charge on any atom is 0.254 e. The molecule has 0 heterocycles. The number of nitrogens with zero attached hydrogens (tertiary/aromatic N) is 1. The second kappa shape index (κ2) is 10.0. The third-order valence-corrected chi connectivity index (χ3v) is 4.22. The first kappa shape index (κ1) is 21.6. The molecular weight excluding hydrogens is 350 g/mol. The number of carbonyl (C=O) groups excluding carboxylic acids is 2. The Morgan fingerprint density at radius 1 is 1.04 bits per heavy atom. The molecule has 0 saturated carbocycles. The van der Waals surface area contributed by atoms with Crippen molar-refractivity contribution in [1.29, 1.82) is 0 Å². The van der Waals surface area contributed by atoms with Crippen molar-refractivity contribution >= 4 is 17.5 Å². The van der Waals surface area contributed by atoms with Crippen LogP contribution in [0.1, 0.15) is 49.5 Å². The third kappa shape index (κ3) is 7.16. The van der Waals surface area contributed by atoms with E-state index in [1.165, 1.54) is 0 Å². The second-order valence-electron chi connectivity index (χ2n) is 8.22. The molecule has 28 heavy (non-hydrogen) atoms. The van der Waals surface area contributed by atoms with E-state index in [0.29, 0.717) is 31.6 Å². The van der Waals surface area contributed by atoms with Gasteiger partial charge in [-0.3, -0.25) is 9.59 Å². The lowest BCUT2D eigenvalue weighted by molar-refractivity contribution is -0.117.